The highest BCUT2D eigenvalue weighted by Crippen LogP contribution is 2.22. The third-order valence-electron chi connectivity index (χ3n) is 3.92. The third kappa shape index (κ3) is 4.83. The van der Waals surface area contributed by atoms with Crippen LogP contribution in [-0.4, -0.2) is 16.2 Å². The molecule has 27 heavy (non-hydrogen) atoms. The van der Waals surface area contributed by atoms with E-state index in [4.69, 9.17) is 11.6 Å². The molecule has 0 saturated heterocycles. The van der Waals surface area contributed by atoms with Crippen LogP contribution in [0, 0.1) is 10.1 Å². The van der Waals surface area contributed by atoms with Gasteiger partial charge in [0.15, 0.2) is 0 Å². The van der Waals surface area contributed by atoms with Crippen LogP contribution in [-0.2, 0) is 6.42 Å². The van der Waals surface area contributed by atoms with Crippen molar-refractivity contribution in [2.45, 2.75) is 6.42 Å². The fraction of sp³-hybridized carbons (Fsp3) is 0.0500. The number of phenolic OH excluding ortho intramolecular Hbond substituents is 1. The first-order chi connectivity index (χ1) is 13.0. The first-order valence-corrected chi connectivity index (χ1v) is 8.49. The van der Waals surface area contributed by atoms with E-state index in [9.17, 15) is 15.2 Å². The second-order valence-electron chi connectivity index (χ2n) is 5.84. The fourth-order valence-electron chi connectivity index (χ4n) is 2.51. The minimum absolute atomic E-state index is 0.00875. The van der Waals surface area contributed by atoms with Gasteiger partial charge in [0.05, 0.1) is 16.8 Å². The van der Waals surface area contributed by atoms with E-state index in [1.54, 1.807) is 18.2 Å². The highest BCUT2D eigenvalue weighted by atomic mass is 35.5. The quantitative estimate of drug-likeness (QED) is 0.357. The summed E-state index contributed by atoms with van der Waals surface area (Å²) in [6.45, 7) is 0. The van der Waals surface area contributed by atoms with E-state index < -0.39 is 4.92 Å². The van der Waals surface area contributed by atoms with Crippen LogP contribution in [0.5, 0.6) is 5.75 Å². The Labute approximate surface area is 160 Å². The molecule has 0 heterocycles. The molecule has 3 aromatic rings. The van der Waals surface area contributed by atoms with Crippen molar-refractivity contribution in [3.63, 3.8) is 0 Å². The Kier molecular flexibility index (Phi) is 5.68. The second-order valence-corrected chi connectivity index (χ2v) is 6.24. The molecule has 0 spiro atoms. The third-order valence-corrected chi connectivity index (χ3v) is 4.29. The molecule has 0 aliphatic heterocycles. The molecule has 7 heteroatoms. The first kappa shape index (κ1) is 18.4. The number of rotatable bonds is 6. The van der Waals surface area contributed by atoms with Gasteiger partial charge in [0.1, 0.15) is 5.75 Å². The van der Waals surface area contributed by atoms with Crippen molar-refractivity contribution < 1.29 is 10.0 Å². The number of nitro groups is 1. The van der Waals surface area contributed by atoms with E-state index in [0.717, 1.165) is 11.1 Å². The Hall–Kier alpha value is -3.38. The first-order valence-electron chi connectivity index (χ1n) is 8.12. The van der Waals surface area contributed by atoms with Crippen LogP contribution in [0.1, 0.15) is 16.7 Å². The standard InChI is InChI=1S/C20H16ClN3O3/c21-19-4-2-1-3-15(19)11-14-5-10-20(25)16(12-14)13-22-23-17-6-8-18(9-7-17)24(26)27/h1-10,12-13,23,25H,11H2/b22-13+. The van der Waals surface area contributed by atoms with Crippen LogP contribution in [0.4, 0.5) is 11.4 Å². The number of benzene rings is 3. The van der Waals surface area contributed by atoms with Crippen molar-refractivity contribution in [3.05, 3.63) is 98.6 Å². The Bertz CT molecular complexity index is 988. The van der Waals surface area contributed by atoms with Gasteiger partial charge in [-0.2, -0.15) is 5.10 Å². The summed E-state index contributed by atoms with van der Waals surface area (Å²) in [4.78, 5) is 10.2. The van der Waals surface area contributed by atoms with E-state index in [-0.39, 0.29) is 11.4 Å². The summed E-state index contributed by atoms with van der Waals surface area (Å²) < 4.78 is 0. The SMILES string of the molecule is O=[N+]([O-])c1ccc(N/N=C/c2cc(Cc3ccccc3Cl)ccc2O)cc1. The molecule has 0 saturated carbocycles. The predicted octanol–water partition coefficient (Wildman–Crippen LogP) is 4.99. The monoisotopic (exact) mass is 381 g/mol. The highest BCUT2D eigenvalue weighted by Gasteiger charge is 2.05. The van der Waals surface area contributed by atoms with E-state index in [1.807, 2.05) is 36.4 Å². The molecule has 2 N–H and O–H groups in total. The number of anilines is 1. The molecule has 3 rings (SSSR count). The number of aromatic hydroxyl groups is 1. The molecule has 0 bridgehead atoms. The van der Waals surface area contributed by atoms with Crippen molar-refractivity contribution in [2.24, 2.45) is 5.10 Å². The maximum Gasteiger partial charge on any atom is 0.269 e. The van der Waals surface area contributed by atoms with E-state index >= 15 is 0 Å². The van der Waals surface area contributed by atoms with Crippen LogP contribution in [0.2, 0.25) is 5.02 Å². The zero-order valence-corrected chi connectivity index (χ0v) is 14.9. The van der Waals surface area contributed by atoms with Gasteiger partial charge >= 0.3 is 0 Å². The lowest BCUT2D eigenvalue weighted by Gasteiger charge is -2.07. The van der Waals surface area contributed by atoms with Crippen molar-refractivity contribution in [3.8, 4) is 5.75 Å². The number of hydrogen-bond acceptors (Lipinski definition) is 5. The average Bonchev–Trinajstić information content (AvgIpc) is 2.66. The zero-order chi connectivity index (χ0) is 19.2. The number of non-ortho nitro benzene ring substituents is 1. The Morgan fingerprint density at radius 3 is 2.56 bits per heavy atom. The molecular weight excluding hydrogens is 366 g/mol. The lowest BCUT2D eigenvalue weighted by atomic mass is 10.0. The second kappa shape index (κ2) is 8.33. The van der Waals surface area contributed by atoms with Gasteiger partial charge in [0.25, 0.3) is 5.69 Å². The summed E-state index contributed by atoms with van der Waals surface area (Å²) in [6, 6.07) is 18.8. The molecule has 0 aliphatic carbocycles. The van der Waals surface area contributed by atoms with Crippen LogP contribution < -0.4 is 5.43 Å². The molecule has 0 radical (unpaired) electrons. The number of hydrogen-bond donors (Lipinski definition) is 2. The van der Waals surface area contributed by atoms with Crippen molar-refractivity contribution >= 4 is 29.2 Å². The summed E-state index contributed by atoms with van der Waals surface area (Å²) in [5, 5.41) is 25.5. The van der Waals surface area contributed by atoms with Gasteiger partial charge in [-0.05, 0) is 47.9 Å². The van der Waals surface area contributed by atoms with Crippen LogP contribution >= 0.6 is 11.6 Å². The van der Waals surface area contributed by atoms with Crippen molar-refractivity contribution in [1.82, 2.24) is 0 Å². The van der Waals surface area contributed by atoms with Gasteiger partial charge in [-0.1, -0.05) is 35.9 Å². The Morgan fingerprint density at radius 1 is 1.11 bits per heavy atom. The van der Waals surface area contributed by atoms with Gasteiger partial charge in [-0.25, -0.2) is 0 Å². The molecule has 0 atom stereocenters. The summed E-state index contributed by atoms with van der Waals surface area (Å²) in [7, 11) is 0. The number of hydrazone groups is 1. The number of phenols is 1. The van der Waals surface area contributed by atoms with E-state index in [1.165, 1.54) is 18.3 Å². The summed E-state index contributed by atoms with van der Waals surface area (Å²) in [5.74, 6) is 0.104. The van der Waals surface area contributed by atoms with Gasteiger partial charge in [0, 0.05) is 22.7 Å². The molecule has 0 aromatic heterocycles. The van der Waals surface area contributed by atoms with Gasteiger partial charge in [0.2, 0.25) is 0 Å². The molecule has 0 unspecified atom stereocenters. The van der Waals surface area contributed by atoms with Crippen molar-refractivity contribution in [1.29, 1.82) is 0 Å². The minimum Gasteiger partial charge on any atom is -0.507 e. The summed E-state index contributed by atoms with van der Waals surface area (Å²) in [5.41, 5.74) is 5.92. The zero-order valence-electron chi connectivity index (χ0n) is 14.2. The lowest BCUT2D eigenvalue weighted by Crippen LogP contribution is -1.94. The largest absolute Gasteiger partial charge is 0.507 e. The van der Waals surface area contributed by atoms with E-state index in [0.29, 0.717) is 22.7 Å². The summed E-state index contributed by atoms with van der Waals surface area (Å²) in [6.07, 6.45) is 2.13. The molecular formula is C20H16ClN3O3. The lowest BCUT2D eigenvalue weighted by molar-refractivity contribution is -0.384. The van der Waals surface area contributed by atoms with Crippen LogP contribution in [0.3, 0.4) is 0 Å². The van der Waals surface area contributed by atoms with Gasteiger partial charge in [-0.15, -0.1) is 0 Å². The average molecular weight is 382 g/mol. The van der Waals surface area contributed by atoms with Gasteiger partial charge in [-0.3, -0.25) is 15.5 Å². The molecule has 6 nitrogen and oxygen atoms in total. The molecule has 0 amide bonds. The fourth-order valence-corrected chi connectivity index (χ4v) is 2.72. The highest BCUT2D eigenvalue weighted by molar-refractivity contribution is 6.31. The van der Waals surface area contributed by atoms with Crippen molar-refractivity contribution in [2.75, 3.05) is 5.43 Å². The normalized spacial score (nSPS) is 10.9. The maximum absolute atomic E-state index is 10.7. The topological polar surface area (TPSA) is 87.8 Å². The predicted molar refractivity (Wildman–Crippen MR) is 107 cm³/mol. The Balaban J connectivity index is 1.71. The summed E-state index contributed by atoms with van der Waals surface area (Å²) >= 11 is 6.20. The molecule has 136 valence electrons. The number of nitrogens with one attached hydrogen (secondary N) is 1. The molecule has 3 aromatic carbocycles. The number of nitrogens with zero attached hydrogens (tertiary/aromatic N) is 2. The number of halogens is 1. The van der Waals surface area contributed by atoms with E-state index in [2.05, 4.69) is 10.5 Å². The van der Waals surface area contributed by atoms with Gasteiger partial charge < -0.3 is 5.11 Å². The molecule has 0 aliphatic rings. The maximum atomic E-state index is 10.7. The smallest absolute Gasteiger partial charge is 0.269 e. The van der Waals surface area contributed by atoms with Crippen LogP contribution in [0.25, 0.3) is 0 Å². The molecule has 0 fully saturated rings. The number of nitro benzene ring substituents is 1. The van der Waals surface area contributed by atoms with Crippen LogP contribution in [0.15, 0.2) is 71.8 Å². The Morgan fingerprint density at radius 2 is 1.85 bits per heavy atom. The minimum atomic E-state index is -0.463.